The molecule has 1 saturated carbocycles. The van der Waals surface area contributed by atoms with Crippen LogP contribution in [0, 0.1) is 11.8 Å². The van der Waals surface area contributed by atoms with E-state index in [1.165, 1.54) is 134 Å². The van der Waals surface area contributed by atoms with Crippen LogP contribution in [0.4, 0.5) is 0 Å². The molecule has 0 amide bonds. The van der Waals surface area contributed by atoms with Gasteiger partial charge in [0.2, 0.25) is 0 Å². The molecule has 0 heteroatoms. The maximum Gasteiger partial charge on any atom is -0.0162 e. The fourth-order valence-electron chi connectivity index (χ4n) is 6.42. The molecule has 1 aromatic rings. The van der Waals surface area contributed by atoms with Crippen LogP contribution >= 0.6 is 0 Å². The highest BCUT2D eigenvalue weighted by Crippen LogP contribution is 2.39. The van der Waals surface area contributed by atoms with Crippen LogP contribution in [0.15, 0.2) is 30.3 Å². The van der Waals surface area contributed by atoms with Crippen molar-refractivity contribution in [3.05, 3.63) is 41.5 Å². The van der Waals surface area contributed by atoms with Gasteiger partial charge in [0.05, 0.1) is 0 Å². The lowest BCUT2D eigenvalue weighted by Gasteiger charge is -2.29. The molecule has 3 rings (SSSR count). The Balaban J connectivity index is 1.34. The Morgan fingerprint density at radius 1 is 0.606 bits per heavy atom. The van der Waals surface area contributed by atoms with Crippen molar-refractivity contribution in [3.8, 4) is 0 Å². The molecular weight excluding hydrogens is 396 g/mol. The van der Waals surface area contributed by atoms with Crippen LogP contribution in [0.1, 0.15) is 159 Å². The molecule has 2 aliphatic carbocycles. The predicted octanol–water partition coefficient (Wildman–Crippen LogP) is 11.3. The summed E-state index contributed by atoms with van der Waals surface area (Å²) in [6.45, 7) is 4.62. The largest absolute Gasteiger partial charge is 0.0804 e. The number of benzene rings is 1. The third-order valence-electron chi connectivity index (χ3n) is 8.80. The van der Waals surface area contributed by atoms with Gasteiger partial charge in [-0.3, -0.25) is 0 Å². The predicted molar refractivity (Wildman–Crippen MR) is 148 cm³/mol. The summed E-state index contributed by atoms with van der Waals surface area (Å²) >= 11 is 0. The molecule has 0 radical (unpaired) electrons. The summed E-state index contributed by atoms with van der Waals surface area (Å²) in [5, 5.41) is 0. The lowest BCUT2D eigenvalue weighted by Crippen LogP contribution is -2.13. The highest BCUT2D eigenvalue weighted by atomic mass is 14.3. The molecule has 1 aromatic carbocycles. The maximum absolute atomic E-state index is 2.58. The Bertz CT molecular complexity index is 643. The van der Waals surface area contributed by atoms with E-state index < -0.39 is 0 Å². The zero-order chi connectivity index (χ0) is 23.1. The maximum atomic E-state index is 2.58. The molecular formula is C33H54. The van der Waals surface area contributed by atoms with Crippen molar-refractivity contribution in [2.75, 3.05) is 0 Å². The number of hydrogen-bond donors (Lipinski definition) is 0. The van der Waals surface area contributed by atoms with Crippen LogP contribution in [0.5, 0.6) is 0 Å². The smallest absolute Gasteiger partial charge is 0.0162 e. The van der Waals surface area contributed by atoms with Gasteiger partial charge in [-0.25, -0.2) is 0 Å². The molecule has 0 saturated heterocycles. The first-order valence-corrected chi connectivity index (χ1v) is 15.1. The zero-order valence-corrected chi connectivity index (χ0v) is 22.3. The third kappa shape index (κ3) is 9.62. The first-order chi connectivity index (χ1) is 16.3. The molecule has 1 unspecified atom stereocenters. The lowest BCUT2D eigenvalue weighted by molar-refractivity contribution is 0.302. The minimum absolute atomic E-state index is 0.817. The molecule has 1 atom stereocenters. The lowest BCUT2D eigenvalue weighted by atomic mass is 9.76. The molecule has 0 nitrogen and oxygen atoms in total. The molecule has 0 N–H and O–H groups in total. The van der Waals surface area contributed by atoms with Gasteiger partial charge in [0.1, 0.15) is 0 Å². The van der Waals surface area contributed by atoms with Gasteiger partial charge in [-0.1, -0.05) is 128 Å². The van der Waals surface area contributed by atoms with E-state index in [0.717, 1.165) is 17.8 Å². The van der Waals surface area contributed by atoms with Gasteiger partial charge in [0.25, 0.3) is 0 Å². The van der Waals surface area contributed by atoms with Crippen LogP contribution in [0.2, 0.25) is 0 Å². The number of rotatable bonds is 15. The molecule has 0 aromatic heterocycles. The summed E-state index contributed by atoms with van der Waals surface area (Å²) in [4.78, 5) is 0. The van der Waals surface area contributed by atoms with Gasteiger partial charge in [0.15, 0.2) is 0 Å². The van der Waals surface area contributed by atoms with E-state index in [4.69, 9.17) is 0 Å². The topological polar surface area (TPSA) is 0 Å². The van der Waals surface area contributed by atoms with Crippen molar-refractivity contribution in [1.82, 2.24) is 0 Å². The van der Waals surface area contributed by atoms with Crippen LogP contribution in [-0.2, 0) is 0 Å². The van der Waals surface area contributed by atoms with Gasteiger partial charge in [-0.15, -0.1) is 0 Å². The molecule has 186 valence electrons. The van der Waals surface area contributed by atoms with Crippen molar-refractivity contribution >= 4 is 5.57 Å². The average molecular weight is 451 g/mol. The summed E-state index contributed by atoms with van der Waals surface area (Å²) in [5.41, 5.74) is 4.72. The van der Waals surface area contributed by atoms with E-state index in [0.29, 0.717) is 0 Å². The van der Waals surface area contributed by atoms with Crippen molar-refractivity contribution in [2.24, 2.45) is 11.8 Å². The van der Waals surface area contributed by atoms with Crippen LogP contribution in [0.25, 0.3) is 5.57 Å². The second-order valence-corrected chi connectivity index (χ2v) is 11.5. The van der Waals surface area contributed by atoms with E-state index in [-0.39, 0.29) is 0 Å². The van der Waals surface area contributed by atoms with E-state index in [2.05, 4.69) is 44.2 Å². The molecule has 0 bridgehead atoms. The van der Waals surface area contributed by atoms with Crippen molar-refractivity contribution in [1.29, 1.82) is 0 Å². The zero-order valence-electron chi connectivity index (χ0n) is 22.3. The molecule has 0 aliphatic heterocycles. The van der Waals surface area contributed by atoms with Crippen LogP contribution in [0.3, 0.4) is 0 Å². The minimum atomic E-state index is 0.817. The van der Waals surface area contributed by atoms with E-state index in [1.807, 2.05) is 0 Å². The normalized spacial score (nSPS) is 23.5. The summed E-state index contributed by atoms with van der Waals surface area (Å²) in [6, 6.07) is 9.81. The average Bonchev–Trinajstić information content (AvgIpc) is 2.87. The first-order valence-electron chi connectivity index (χ1n) is 15.1. The molecule has 1 fully saturated rings. The van der Waals surface area contributed by atoms with Gasteiger partial charge in [-0.2, -0.15) is 0 Å². The fraction of sp³-hybridized carbons (Fsp3) is 0.758. The summed E-state index contributed by atoms with van der Waals surface area (Å²) in [6.07, 6.45) is 31.1. The van der Waals surface area contributed by atoms with Crippen molar-refractivity contribution in [2.45, 2.75) is 148 Å². The van der Waals surface area contributed by atoms with E-state index in [1.54, 1.807) is 11.1 Å². The highest BCUT2D eigenvalue weighted by molar-refractivity contribution is 5.66. The number of allylic oxidation sites excluding steroid dienone is 2. The Hall–Kier alpha value is -1.04. The van der Waals surface area contributed by atoms with Crippen LogP contribution in [-0.4, -0.2) is 0 Å². The van der Waals surface area contributed by atoms with Crippen LogP contribution < -0.4 is 0 Å². The second-order valence-electron chi connectivity index (χ2n) is 11.5. The van der Waals surface area contributed by atoms with Gasteiger partial charge < -0.3 is 0 Å². The highest BCUT2D eigenvalue weighted by Gasteiger charge is 2.22. The molecule has 33 heavy (non-hydrogen) atoms. The summed E-state index contributed by atoms with van der Waals surface area (Å²) in [5.74, 6) is 2.78. The summed E-state index contributed by atoms with van der Waals surface area (Å²) < 4.78 is 0. The number of unbranched alkanes of at least 4 members (excludes halogenated alkanes) is 9. The van der Waals surface area contributed by atoms with E-state index >= 15 is 0 Å². The van der Waals surface area contributed by atoms with Gasteiger partial charge in [0, 0.05) is 0 Å². The Morgan fingerprint density at radius 2 is 1.18 bits per heavy atom. The monoisotopic (exact) mass is 450 g/mol. The van der Waals surface area contributed by atoms with Gasteiger partial charge >= 0.3 is 0 Å². The van der Waals surface area contributed by atoms with Gasteiger partial charge in [-0.05, 0) is 79.4 Å². The Kier molecular flexibility index (Phi) is 12.7. The first kappa shape index (κ1) is 26.6. The second kappa shape index (κ2) is 15.8. The van der Waals surface area contributed by atoms with Crippen molar-refractivity contribution < 1.29 is 0 Å². The number of hydrogen-bond acceptors (Lipinski definition) is 0. The molecule has 0 heterocycles. The molecule has 0 spiro atoms. The quantitative estimate of drug-likeness (QED) is 0.233. The standard InChI is InChI=1S/C33H54/c1-3-5-7-9-11-13-15-29-18-22-31(23-19-29)33-26-24-32(25-27-33)30-20-16-28(17-21-30)14-12-10-8-6-4-2/h22,24-30H,3-21,23H2,1-2H3. The summed E-state index contributed by atoms with van der Waals surface area (Å²) in [7, 11) is 0. The minimum Gasteiger partial charge on any atom is -0.0804 e. The van der Waals surface area contributed by atoms with E-state index in [9.17, 15) is 0 Å². The molecule has 2 aliphatic rings. The Morgan fingerprint density at radius 3 is 1.76 bits per heavy atom. The third-order valence-corrected chi connectivity index (χ3v) is 8.80. The Labute approximate surface area is 207 Å². The fourth-order valence-corrected chi connectivity index (χ4v) is 6.42. The SMILES string of the molecule is CCCCCCCCC1CC=C(c2ccc(C3CCC(CCCCCCC)CC3)cc2)CC1. The van der Waals surface area contributed by atoms with Crippen molar-refractivity contribution in [3.63, 3.8) is 0 Å².